The average Bonchev–Trinajstić information content (AvgIpc) is 3.12. The van der Waals surface area contributed by atoms with Crippen molar-refractivity contribution in [1.29, 1.82) is 0 Å². The molecule has 0 aliphatic rings. The number of nitrogens with zero attached hydrogens (tertiary/aromatic N) is 1. The molecule has 0 aliphatic carbocycles. The molecule has 2 aromatic rings. The third-order valence-corrected chi connectivity index (χ3v) is 4.68. The van der Waals surface area contributed by atoms with Crippen LogP contribution in [0.3, 0.4) is 0 Å². The Hall–Kier alpha value is -2.13. The molecule has 1 aromatic carbocycles. The fraction of sp³-hybridized carbons (Fsp3) is 0.176. The Bertz CT molecular complexity index is 770. The summed E-state index contributed by atoms with van der Waals surface area (Å²) in [7, 11) is -1.73. The number of nitrogens with one attached hydrogen (secondary N) is 1. The fourth-order valence-corrected chi connectivity index (χ4v) is 3.27. The first-order chi connectivity index (χ1) is 12.4. The largest absolute Gasteiger partial charge is 0.475 e. The van der Waals surface area contributed by atoms with Crippen molar-refractivity contribution < 1.29 is 19.6 Å². The van der Waals surface area contributed by atoms with E-state index in [-0.39, 0.29) is 13.0 Å². The Morgan fingerprint density at radius 3 is 2.65 bits per heavy atom. The number of anilines is 1. The molecule has 26 heavy (non-hydrogen) atoms. The number of hydrogen-bond donors (Lipinski definition) is 3. The second-order valence-electron chi connectivity index (χ2n) is 5.50. The maximum absolute atomic E-state index is 12.4. The highest BCUT2D eigenvalue weighted by molar-refractivity contribution is 7.07. The molecule has 0 radical (unpaired) electrons. The molecule has 1 atom stereocenters. The molecule has 6 nitrogen and oxygen atoms in total. The van der Waals surface area contributed by atoms with Gasteiger partial charge in [0.1, 0.15) is 6.54 Å². The molecular formula is C17H18BClN2O4S. The summed E-state index contributed by atoms with van der Waals surface area (Å²) in [5.74, 6) is -1.94. The van der Waals surface area contributed by atoms with Gasteiger partial charge in [-0.3, -0.25) is 14.5 Å². The van der Waals surface area contributed by atoms with Gasteiger partial charge in [-0.25, -0.2) is 0 Å². The molecule has 0 fully saturated rings. The first-order valence-corrected chi connectivity index (χ1v) is 9.09. The zero-order valence-corrected chi connectivity index (χ0v) is 15.4. The summed E-state index contributed by atoms with van der Waals surface area (Å²) >= 11 is 7.59. The molecule has 0 bridgehead atoms. The monoisotopic (exact) mass is 392 g/mol. The van der Waals surface area contributed by atoms with Crippen molar-refractivity contribution in [3.8, 4) is 0 Å². The van der Waals surface area contributed by atoms with E-state index in [1.165, 1.54) is 16.2 Å². The van der Waals surface area contributed by atoms with Crippen LogP contribution in [0, 0.1) is 0 Å². The van der Waals surface area contributed by atoms with Crippen LogP contribution >= 0.6 is 22.9 Å². The highest BCUT2D eigenvalue weighted by Crippen LogP contribution is 2.25. The number of thiophene rings is 1. The number of amides is 2. The SMILES string of the molecule is C=CC(=O)N(CC(=O)N[C@@H](Cc1ccsc1)B(O)O)c1ccccc1Cl. The van der Waals surface area contributed by atoms with Crippen LogP contribution in [0.5, 0.6) is 0 Å². The molecule has 0 saturated carbocycles. The summed E-state index contributed by atoms with van der Waals surface area (Å²) < 4.78 is 0. The number of rotatable bonds is 8. The number of carbonyl (C=O) groups is 2. The Balaban J connectivity index is 2.11. The molecule has 1 aromatic heterocycles. The molecule has 136 valence electrons. The van der Waals surface area contributed by atoms with E-state index in [2.05, 4.69) is 11.9 Å². The van der Waals surface area contributed by atoms with Gasteiger partial charge >= 0.3 is 7.12 Å². The first kappa shape index (κ1) is 20.2. The lowest BCUT2D eigenvalue weighted by Gasteiger charge is -2.24. The summed E-state index contributed by atoms with van der Waals surface area (Å²) in [5.41, 5.74) is 1.24. The third-order valence-electron chi connectivity index (χ3n) is 3.63. The zero-order valence-electron chi connectivity index (χ0n) is 13.8. The topological polar surface area (TPSA) is 89.9 Å². The molecule has 1 heterocycles. The summed E-state index contributed by atoms with van der Waals surface area (Å²) in [6.45, 7) is 3.11. The van der Waals surface area contributed by atoms with E-state index in [0.29, 0.717) is 10.7 Å². The zero-order chi connectivity index (χ0) is 19.1. The average molecular weight is 393 g/mol. The van der Waals surface area contributed by atoms with Crippen molar-refractivity contribution in [2.75, 3.05) is 11.4 Å². The Labute approximate surface area is 160 Å². The molecule has 3 N–H and O–H groups in total. The van der Waals surface area contributed by atoms with E-state index in [1.807, 2.05) is 16.8 Å². The van der Waals surface area contributed by atoms with E-state index in [9.17, 15) is 19.6 Å². The molecule has 0 aliphatic heterocycles. The van der Waals surface area contributed by atoms with Crippen LogP contribution < -0.4 is 10.2 Å². The first-order valence-electron chi connectivity index (χ1n) is 7.77. The second-order valence-corrected chi connectivity index (χ2v) is 6.69. The van der Waals surface area contributed by atoms with Gasteiger partial charge in [0.25, 0.3) is 5.91 Å². The van der Waals surface area contributed by atoms with Crippen LogP contribution in [0.25, 0.3) is 0 Å². The quantitative estimate of drug-likeness (QED) is 0.471. The minimum absolute atomic E-state index is 0.258. The number of benzene rings is 1. The number of halogens is 1. The normalized spacial score (nSPS) is 11.5. The Morgan fingerprint density at radius 2 is 2.08 bits per heavy atom. The van der Waals surface area contributed by atoms with Gasteiger partial charge in [-0.2, -0.15) is 11.3 Å². The predicted octanol–water partition coefficient (Wildman–Crippen LogP) is 1.66. The van der Waals surface area contributed by atoms with Crippen molar-refractivity contribution in [3.05, 3.63) is 64.3 Å². The van der Waals surface area contributed by atoms with Gasteiger partial charge in [-0.15, -0.1) is 0 Å². The van der Waals surface area contributed by atoms with Crippen LogP contribution in [0.1, 0.15) is 5.56 Å². The molecule has 0 spiro atoms. The van der Waals surface area contributed by atoms with Gasteiger partial charge in [0.05, 0.1) is 16.7 Å². The van der Waals surface area contributed by atoms with Crippen molar-refractivity contribution in [2.24, 2.45) is 0 Å². The lowest BCUT2D eigenvalue weighted by Crippen LogP contribution is -2.51. The maximum atomic E-state index is 12.4. The Kier molecular flexibility index (Phi) is 7.41. The number of carbonyl (C=O) groups excluding carboxylic acids is 2. The van der Waals surface area contributed by atoms with Crippen molar-refractivity contribution >= 4 is 47.6 Å². The molecule has 0 unspecified atom stereocenters. The van der Waals surface area contributed by atoms with E-state index in [4.69, 9.17) is 11.6 Å². The Morgan fingerprint density at radius 1 is 1.35 bits per heavy atom. The molecule has 9 heteroatoms. The van der Waals surface area contributed by atoms with E-state index in [0.717, 1.165) is 11.6 Å². The fourth-order valence-electron chi connectivity index (χ4n) is 2.35. The predicted molar refractivity (Wildman–Crippen MR) is 104 cm³/mol. The lowest BCUT2D eigenvalue weighted by atomic mass is 9.76. The van der Waals surface area contributed by atoms with E-state index < -0.39 is 24.9 Å². The standard InChI is InChI=1S/C17H18BClN2O4S/c1-2-17(23)21(14-6-4-3-5-13(14)19)10-16(22)20-15(18(24)25)9-12-7-8-26-11-12/h2-8,11,15,24-25H,1,9-10H2,(H,20,22)/t15-/m0/s1. The molecule has 0 saturated heterocycles. The second kappa shape index (κ2) is 9.54. The third kappa shape index (κ3) is 5.44. The summed E-state index contributed by atoms with van der Waals surface area (Å²) in [4.78, 5) is 25.7. The van der Waals surface area contributed by atoms with Crippen LogP contribution in [0.4, 0.5) is 5.69 Å². The molecule has 2 amide bonds. The molecule has 2 rings (SSSR count). The van der Waals surface area contributed by atoms with Gasteiger partial charge in [-0.05, 0) is 47.0 Å². The smallest absolute Gasteiger partial charge is 0.426 e. The number of para-hydroxylation sites is 1. The summed E-state index contributed by atoms with van der Waals surface area (Å²) in [5, 5.41) is 25.7. The van der Waals surface area contributed by atoms with E-state index >= 15 is 0 Å². The van der Waals surface area contributed by atoms with Crippen LogP contribution in [0.2, 0.25) is 5.02 Å². The van der Waals surface area contributed by atoms with E-state index in [1.54, 1.807) is 24.3 Å². The highest BCUT2D eigenvalue weighted by atomic mass is 35.5. The van der Waals surface area contributed by atoms with Gasteiger partial charge in [-0.1, -0.05) is 30.3 Å². The maximum Gasteiger partial charge on any atom is 0.475 e. The van der Waals surface area contributed by atoms with Crippen molar-refractivity contribution in [2.45, 2.75) is 12.4 Å². The van der Waals surface area contributed by atoms with Crippen LogP contribution in [-0.2, 0) is 16.0 Å². The lowest BCUT2D eigenvalue weighted by molar-refractivity contribution is -0.122. The van der Waals surface area contributed by atoms with Crippen molar-refractivity contribution in [1.82, 2.24) is 5.32 Å². The summed E-state index contributed by atoms with van der Waals surface area (Å²) in [6, 6.07) is 8.46. The minimum Gasteiger partial charge on any atom is -0.426 e. The van der Waals surface area contributed by atoms with Crippen LogP contribution in [0.15, 0.2) is 53.7 Å². The van der Waals surface area contributed by atoms with Crippen molar-refractivity contribution in [3.63, 3.8) is 0 Å². The number of hydrogen-bond acceptors (Lipinski definition) is 5. The van der Waals surface area contributed by atoms with Gasteiger partial charge in [0.15, 0.2) is 0 Å². The van der Waals surface area contributed by atoms with Gasteiger partial charge in [0, 0.05) is 0 Å². The summed E-state index contributed by atoms with van der Waals surface area (Å²) in [6.07, 6.45) is 1.34. The van der Waals surface area contributed by atoms with Gasteiger partial charge in [0.2, 0.25) is 5.91 Å². The van der Waals surface area contributed by atoms with Gasteiger partial charge < -0.3 is 15.4 Å². The molecular weight excluding hydrogens is 375 g/mol. The highest BCUT2D eigenvalue weighted by Gasteiger charge is 2.27. The minimum atomic E-state index is -1.73. The van der Waals surface area contributed by atoms with Crippen LogP contribution in [-0.4, -0.2) is 41.5 Å².